The minimum atomic E-state index is -3.61. The third kappa shape index (κ3) is 4.97. The molecule has 7 heteroatoms. The van der Waals surface area contributed by atoms with Gasteiger partial charge in [0.1, 0.15) is 5.75 Å². The van der Waals surface area contributed by atoms with Crippen molar-refractivity contribution >= 4 is 15.9 Å². The summed E-state index contributed by atoms with van der Waals surface area (Å²) in [7, 11) is -0.522. The maximum atomic E-state index is 12.8. The van der Waals surface area contributed by atoms with Crippen molar-refractivity contribution in [2.24, 2.45) is 5.92 Å². The lowest BCUT2D eigenvalue weighted by Crippen LogP contribution is -2.39. The molecule has 0 aliphatic carbocycles. The van der Waals surface area contributed by atoms with Crippen LogP contribution in [0.25, 0.3) is 0 Å². The van der Waals surface area contributed by atoms with E-state index in [1.54, 1.807) is 31.3 Å². The van der Waals surface area contributed by atoms with E-state index in [0.717, 1.165) is 31.5 Å². The molecule has 6 nitrogen and oxygen atoms in total. The molecule has 3 rings (SSSR count). The highest BCUT2D eigenvalue weighted by Gasteiger charge is 2.23. The van der Waals surface area contributed by atoms with Gasteiger partial charge in [-0.05, 0) is 60.7 Å². The third-order valence-electron chi connectivity index (χ3n) is 5.32. The molecule has 0 spiro atoms. The average molecular weight is 417 g/mol. The van der Waals surface area contributed by atoms with Crippen molar-refractivity contribution in [2.45, 2.75) is 31.2 Å². The minimum Gasteiger partial charge on any atom is -0.497 e. The van der Waals surface area contributed by atoms with Crippen molar-refractivity contribution < 1.29 is 17.9 Å². The second-order valence-electron chi connectivity index (χ2n) is 7.63. The zero-order chi connectivity index (χ0) is 21.0. The molecule has 1 heterocycles. The summed E-state index contributed by atoms with van der Waals surface area (Å²) in [4.78, 5) is 14.8. The van der Waals surface area contributed by atoms with E-state index >= 15 is 0 Å². The molecule has 0 radical (unpaired) electrons. The van der Waals surface area contributed by atoms with Crippen molar-refractivity contribution in [3.63, 3.8) is 0 Å². The van der Waals surface area contributed by atoms with E-state index in [-0.39, 0.29) is 17.3 Å². The van der Waals surface area contributed by atoms with Gasteiger partial charge in [0.25, 0.3) is 5.91 Å². The summed E-state index contributed by atoms with van der Waals surface area (Å²) >= 11 is 0. The molecule has 1 saturated heterocycles. The van der Waals surface area contributed by atoms with Gasteiger partial charge in [-0.25, -0.2) is 8.42 Å². The van der Waals surface area contributed by atoms with Crippen molar-refractivity contribution in [1.82, 2.24) is 9.21 Å². The summed E-state index contributed by atoms with van der Waals surface area (Å²) in [5.74, 6) is 1.18. The number of benzene rings is 2. The van der Waals surface area contributed by atoms with Crippen LogP contribution in [0.5, 0.6) is 5.75 Å². The number of hydrogen-bond acceptors (Lipinski definition) is 4. The van der Waals surface area contributed by atoms with E-state index in [1.807, 2.05) is 17.0 Å². The van der Waals surface area contributed by atoms with Gasteiger partial charge in [0.15, 0.2) is 0 Å². The maximum absolute atomic E-state index is 12.8. The standard InChI is InChI=1S/C22H28N2O4S/c1-17-5-4-14-24(15-17)22(25)19-8-6-18(7-9-19)16-23(2)29(26,27)21-12-10-20(28-3)11-13-21/h6-13,17H,4-5,14-16H2,1-3H3. The molecule has 1 fully saturated rings. The van der Waals surface area contributed by atoms with Gasteiger partial charge in [-0.1, -0.05) is 19.1 Å². The van der Waals surface area contributed by atoms with Crippen molar-refractivity contribution in [2.75, 3.05) is 27.2 Å². The number of hydrogen-bond donors (Lipinski definition) is 0. The predicted molar refractivity (Wildman–Crippen MR) is 112 cm³/mol. The van der Waals surface area contributed by atoms with Crippen LogP contribution in [0.3, 0.4) is 0 Å². The number of piperidine rings is 1. The Balaban J connectivity index is 1.67. The molecule has 1 amide bonds. The fourth-order valence-electron chi connectivity index (χ4n) is 3.58. The van der Waals surface area contributed by atoms with Crippen LogP contribution >= 0.6 is 0 Å². The molecule has 1 unspecified atom stereocenters. The number of ether oxygens (including phenoxy) is 1. The monoisotopic (exact) mass is 416 g/mol. The van der Waals surface area contributed by atoms with E-state index in [2.05, 4.69) is 6.92 Å². The topological polar surface area (TPSA) is 66.9 Å². The number of rotatable bonds is 6. The lowest BCUT2D eigenvalue weighted by atomic mass is 9.99. The van der Waals surface area contributed by atoms with E-state index in [4.69, 9.17) is 4.74 Å². The van der Waals surface area contributed by atoms with Crippen LogP contribution in [0.2, 0.25) is 0 Å². The van der Waals surface area contributed by atoms with Crippen LogP contribution in [0.15, 0.2) is 53.4 Å². The Labute approximate surface area is 173 Å². The van der Waals surface area contributed by atoms with Crippen LogP contribution in [0.1, 0.15) is 35.7 Å². The van der Waals surface area contributed by atoms with Gasteiger partial charge in [-0.15, -0.1) is 0 Å². The first-order valence-corrected chi connectivity index (χ1v) is 11.2. The molecule has 0 bridgehead atoms. The number of carbonyl (C=O) groups excluding carboxylic acids is 1. The van der Waals surface area contributed by atoms with Crippen molar-refractivity contribution in [3.05, 3.63) is 59.7 Å². The van der Waals surface area contributed by atoms with Gasteiger partial charge in [0.2, 0.25) is 10.0 Å². The minimum absolute atomic E-state index is 0.0438. The Morgan fingerprint density at radius 1 is 1.14 bits per heavy atom. The van der Waals surface area contributed by atoms with Gasteiger partial charge in [0, 0.05) is 32.2 Å². The lowest BCUT2D eigenvalue weighted by Gasteiger charge is -2.31. The predicted octanol–water partition coefficient (Wildman–Crippen LogP) is 3.39. The molecular weight excluding hydrogens is 388 g/mol. The fraction of sp³-hybridized carbons (Fsp3) is 0.409. The summed E-state index contributed by atoms with van der Waals surface area (Å²) in [6.45, 7) is 3.99. The van der Waals surface area contributed by atoms with E-state index in [1.165, 1.54) is 23.5 Å². The molecule has 156 valence electrons. The summed E-state index contributed by atoms with van der Waals surface area (Å²) in [6, 6.07) is 13.5. The Hall–Kier alpha value is -2.38. The van der Waals surface area contributed by atoms with Crippen LogP contribution in [-0.4, -0.2) is 50.8 Å². The molecule has 1 atom stereocenters. The van der Waals surface area contributed by atoms with Crippen molar-refractivity contribution in [3.8, 4) is 5.75 Å². The second kappa shape index (κ2) is 8.97. The number of likely N-dealkylation sites (tertiary alicyclic amines) is 1. The summed E-state index contributed by atoms with van der Waals surface area (Å²) in [6.07, 6.45) is 2.21. The van der Waals surface area contributed by atoms with Crippen LogP contribution in [0, 0.1) is 5.92 Å². The fourth-order valence-corrected chi connectivity index (χ4v) is 4.74. The summed E-state index contributed by atoms with van der Waals surface area (Å²) in [5, 5.41) is 0. The molecule has 1 aliphatic rings. The van der Waals surface area contributed by atoms with E-state index < -0.39 is 10.0 Å². The van der Waals surface area contributed by atoms with E-state index in [0.29, 0.717) is 17.2 Å². The smallest absolute Gasteiger partial charge is 0.253 e. The molecule has 0 aromatic heterocycles. The molecule has 29 heavy (non-hydrogen) atoms. The molecular formula is C22H28N2O4S. The Morgan fingerprint density at radius 2 is 1.79 bits per heavy atom. The Bertz CT molecular complexity index is 940. The summed E-state index contributed by atoms with van der Waals surface area (Å²) < 4.78 is 31.9. The SMILES string of the molecule is COc1ccc(S(=O)(=O)N(C)Cc2ccc(C(=O)N3CCCC(C)C3)cc2)cc1. The first kappa shape index (κ1) is 21.3. The highest BCUT2D eigenvalue weighted by molar-refractivity contribution is 7.89. The van der Waals surface area contributed by atoms with Gasteiger partial charge in [-0.3, -0.25) is 4.79 Å². The normalized spacial score (nSPS) is 17.4. The van der Waals surface area contributed by atoms with Gasteiger partial charge < -0.3 is 9.64 Å². The molecule has 2 aromatic carbocycles. The van der Waals surface area contributed by atoms with Gasteiger partial charge >= 0.3 is 0 Å². The maximum Gasteiger partial charge on any atom is 0.253 e. The third-order valence-corrected chi connectivity index (χ3v) is 7.14. The van der Waals surface area contributed by atoms with Crippen LogP contribution in [0.4, 0.5) is 0 Å². The van der Waals surface area contributed by atoms with E-state index in [9.17, 15) is 13.2 Å². The first-order chi connectivity index (χ1) is 13.8. The number of nitrogens with zero attached hydrogens (tertiary/aromatic N) is 2. The molecule has 1 aliphatic heterocycles. The number of carbonyl (C=O) groups is 1. The van der Waals surface area contributed by atoms with Crippen molar-refractivity contribution in [1.29, 1.82) is 0 Å². The van der Waals surface area contributed by atoms with Gasteiger partial charge in [0.05, 0.1) is 12.0 Å². The zero-order valence-electron chi connectivity index (χ0n) is 17.2. The largest absolute Gasteiger partial charge is 0.497 e. The highest BCUT2D eigenvalue weighted by atomic mass is 32.2. The zero-order valence-corrected chi connectivity index (χ0v) is 18.0. The summed E-state index contributed by atoms with van der Waals surface area (Å²) in [5.41, 5.74) is 1.47. The second-order valence-corrected chi connectivity index (χ2v) is 9.68. The first-order valence-electron chi connectivity index (χ1n) is 9.80. The quantitative estimate of drug-likeness (QED) is 0.724. The Kier molecular flexibility index (Phi) is 6.59. The van der Waals surface area contributed by atoms with Crippen LogP contribution in [-0.2, 0) is 16.6 Å². The molecule has 2 aromatic rings. The molecule has 0 saturated carbocycles. The Morgan fingerprint density at radius 3 is 2.38 bits per heavy atom. The number of amides is 1. The van der Waals surface area contributed by atoms with Gasteiger partial charge in [-0.2, -0.15) is 4.31 Å². The molecule has 0 N–H and O–H groups in total. The average Bonchev–Trinajstić information content (AvgIpc) is 2.73. The number of methoxy groups -OCH3 is 1. The lowest BCUT2D eigenvalue weighted by molar-refractivity contribution is 0.0683. The highest BCUT2D eigenvalue weighted by Crippen LogP contribution is 2.21. The number of sulfonamides is 1. The van der Waals surface area contributed by atoms with Crippen LogP contribution < -0.4 is 4.74 Å².